The van der Waals surface area contributed by atoms with E-state index in [9.17, 15) is 8.42 Å². The first-order valence-corrected chi connectivity index (χ1v) is 8.96. The quantitative estimate of drug-likeness (QED) is 0.902. The molecule has 3 rings (SSSR count). The Hall–Kier alpha value is -1.15. The molecule has 3 atom stereocenters. The molecule has 1 N–H and O–H groups in total. The van der Waals surface area contributed by atoms with Gasteiger partial charge >= 0.3 is 0 Å². The first-order chi connectivity index (χ1) is 10.6. The summed E-state index contributed by atoms with van der Waals surface area (Å²) in [6.07, 6.45) is 2.34. The molecule has 1 aromatic rings. The largest absolute Gasteiger partial charge is 0.497 e. The van der Waals surface area contributed by atoms with Gasteiger partial charge in [0, 0.05) is 6.04 Å². The summed E-state index contributed by atoms with van der Waals surface area (Å²) >= 11 is 0. The number of fused-ring (bicyclic) bond motifs is 1. The third kappa shape index (κ3) is 3.43. The molecule has 7 heteroatoms. The van der Waals surface area contributed by atoms with Gasteiger partial charge in [0.25, 0.3) is 0 Å². The van der Waals surface area contributed by atoms with E-state index in [4.69, 9.17) is 14.2 Å². The molecule has 0 radical (unpaired) electrons. The standard InChI is InChI=1S/C15H21NO5S/c1-19-12-3-5-13(6-4-12)22(17,18)16-11-2-7-14-15(10-11)21-9-8-20-14/h3-6,11,14-16H,2,7-10H2,1H3. The molecule has 0 aromatic heterocycles. The van der Waals surface area contributed by atoms with Crippen LogP contribution in [0.2, 0.25) is 0 Å². The molecule has 1 saturated carbocycles. The van der Waals surface area contributed by atoms with Gasteiger partial charge in [-0.15, -0.1) is 0 Å². The molecule has 1 saturated heterocycles. The fourth-order valence-corrected chi connectivity index (χ4v) is 4.30. The van der Waals surface area contributed by atoms with E-state index in [1.165, 1.54) is 0 Å². The lowest BCUT2D eigenvalue weighted by molar-refractivity contribution is -0.156. The van der Waals surface area contributed by atoms with Crippen molar-refractivity contribution in [3.8, 4) is 5.75 Å². The third-order valence-electron chi connectivity index (χ3n) is 4.17. The van der Waals surface area contributed by atoms with E-state index in [1.54, 1.807) is 31.4 Å². The Morgan fingerprint density at radius 3 is 2.45 bits per heavy atom. The molecule has 0 amide bonds. The van der Waals surface area contributed by atoms with Crippen LogP contribution in [-0.2, 0) is 19.5 Å². The molecule has 0 bridgehead atoms. The molecule has 2 fully saturated rings. The van der Waals surface area contributed by atoms with Crippen LogP contribution in [0.3, 0.4) is 0 Å². The highest BCUT2D eigenvalue weighted by Crippen LogP contribution is 2.28. The summed E-state index contributed by atoms with van der Waals surface area (Å²) in [7, 11) is -1.98. The van der Waals surface area contributed by atoms with Crippen LogP contribution in [-0.4, -0.2) is 47.0 Å². The Balaban J connectivity index is 1.66. The van der Waals surface area contributed by atoms with Gasteiger partial charge in [0.1, 0.15) is 5.75 Å². The van der Waals surface area contributed by atoms with Crippen molar-refractivity contribution in [1.29, 1.82) is 0 Å². The predicted molar refractivity (Wildman–Crippen MR) is 80.4 cm³/mol. The molecule has 22 heavy (non-hydrogen) atoms. The maximum Gasteiger partial charge on any atom is 0.240 e. The summed E-state index contributed by atoms with van der Waals surface area (Å²) in [6.45, 7) is 1.21. The zero-order chi connectivity index (χ0) is 15.6. The fourth-order valence-electron chi connectivity index (χ4n) is 3.02. The number of rotatable bonds is 4. The van der Waals surface area contributed by atoms with Crippen molar-refractivity contribution >= 4 is 10.0 Å². The van der Waals surface area contributed by atoms with Crippen LogP contribution in [0.4, 0.5) is 0 Å². The van der Waals surface area contributed by atoms with Gasteiger partial charge in [0.15, 0.2) is 0 Å². The molecule has 0 spiro atoms. The first-order valence-electron chi connectivity index (χ1n) is 7.48. The van der Waals surface area contributed by atoms with Crippen LogP contribution in [0.1, 0.15) is 19.3 Å². The van der Waals surface area contributed by atoms with E-state index in [0.29, 0.717) is 25.4 Å². The molecule has 3 unspecified atom stereocenters. The summed E-state index contributed by atoms with van der Waals surface area (Å²) in [6, 6.07) is 6.27. The van der Waals surface area contributed by atoms with E-state index in [-0.39, 0.29) is 23.1 Å². The number of hydrogen-bond acceptors (Lipinski definition) is 5. The van der Waals surface area contributed by atoms with Crippen LogP contribution in [0, 0.1) is 0 Å². The summed E-state index contributed by atoms with van der Waals surface area (Å²) in [4.78, 5) is 0.247. The van der Waals surface area contributed by atoms with Crippen LogP contribution in [0.5, 0.6) is 5.75 Å². The summed E-state index contributed by atoms with van der Waals surface area (Å²) < 4.78 is 44.0. The van der Waals surface area contributed by atoms with Crippen molar-refractivity contribution in [2.24, 2.45) is 0 Å². The number of nitrogens with one attached hydrogen (secondary N) is 1. The van der Waals surface area contributed by atoms with Gasteiger partial charge in [-0.05, 0) is 43.5 Å². The smallest absolute Gasteiger partial charge is 0.240 e. The highest BCUT2D eigenvalue weighted by atomic mass is 32.2. The average molecular weight is 327 g/mol. The van der Waals surface area contributed by atoms with Gasteiger partial charge in [-0.2, -0.15) is 0 Å². The predicted octanol–water partition coefficient (Wildman–Crippen LogP) is 1.31. The lowest BCUT2D eigenvalue weighted by atomic mass is 9.90. The van der Waals surface area contributed by atoms with Gasteiger partial charge in [0.05, 0.1) is 37.4 Å². The molecular formula is C15H21NO5S. The Bertz CT molecular complexity index is 601. The number of sulfonamides is 1. The number of benzene rings is 1. The third-order valence-corrected chi connectivity index (χ3v) is 5.71. The second-order valence-corrected chi connectivity index (χ2v) is 7.34. The molecule has 1 aliphatic carbocycles. The lowest BCUT2D eigenvalue weighted by Crippen LogP contribution is -2.49. The van der Waals surface area contributed by atoms with Crippen LogP contribution in [0.15, 0.2) is 29.2 Å². The highest BCUT2D eigenvalue weighted by molar-refractivity contribution is 7.89. The van der Waals surface area contributed by atoms with Crippen molar-refractivity contribution in [1.82, 2.24) is 4.72 Å². The Morgan fingerprint density at radius 2 is 1.77 bits per heavy atom. The average Bonchev–Trinajstić information content (AvgIpc) is 2.54. The Kier molecular flexibility index (Phi) is 4.67. The molecule has 122 valence electrons. The first kappa shape index (κ1) is 15.7. The number of hydrogen-bond donors (Lipinski definition) is 1. The minimum atomic E-state index is -3.52. The number of methoxy groups -OCH3 is 1. The van der Waals surface area contributed by atoms with E-state index in [0.717, 1.165) is 12.8 Å². The van der Waals surface area contributed by atoms with Gasteiger partial charge in [0.2, 0.25) is 10.0 Å². The SMILES string of the molecule is COc1ccc(S(=O)(=O)NC2CCC3OCCOC3C2)cc1. The zero-order valence-electron chi connectivity index (χ0n) is 12.5. The van der Waals surface area contributed by atoms with Crippen LogP contribution >= 0.6 is 0 Å². The second-order valence-electron chi connectivity index (χ2n) is 5.63. The van der Waals surface area contributed by atoms with Crippen LogP contribution in [0.25, 0.3) is 0 Å². The van der Waals surface area contributed by atoms with E-state index in [2.05, 4.69) is 4.72 Å². The second kappa shape index (κ2) is 6.54. The van der Waals surface area contributed by atoms with Gasteiger partial charge < -0.3 is 14.2 Å². The van der Waals surface area contributed by atoms with Gasteiger partial charge in [-0.1, -0.05) is 0 Å². The maximum atomic E-state index is 12.4. The van der Waals surface area contributed by atoms with E-state index in [1.807, 2.05) is 0 Å². The minimum Gasteiger partial charge on any atom is -0.497 e. The van der Waals surface area contributed by atoms with Crippen molar-refractivity contribution in [2.45, 2.75) is 42.4 Å². The molecule has 1 heterocycles. The van der Waals surface area contributed by atoms with Gasteiger partial charge in [-0.25, -0.2) is 13.1 Å². The topological polar surface area (TPSA) is 73.9 Å². The zero-order valence-corrected chi connectivity index (χ0v) is 13.3. The Morgan fingerprint density at radius 1 is 1.09 bits per heavy atom. The van der Waals surface area contributed by atoms with Crippen LogP contribution < -0.4 is 9.46 Å². The monoisotopic (exact) mass is 327 g/mol. The molecular weight excluding hydrogens is 306 g/mol. The van der Waals surface area contributed by atoms with Gasteiger partial charge in [-0.3, -0.25) is 0 Å². The molecule has 6 nitrogen and oxygen atoms in total. The van der Waals surface area contributed by atoms with Crippen molar-refractivity contribution in [3.05, 3.63) is 24.3 Å². The van der Waals surface area contributed by atoms with Crippen molar-refractivity contribution < 1.29 is 22.6 Å². The summed E-state index contributed by atoms with van der Waals surface area (Å²) in [5.41, 5.74) is 0. The van der Waals surface area contributed by atoms with Crippen molar-refractivity contribution in [3.63, 3.8) is 0 Å². The minimum absolute atomic E-state index is 0.00827. The molecule has 1 aromatic carbocycles. The molecule has 1 aliphatic heterocycles. The van der Waals surface area contributed by atoms with E-state index >= 15 is 0 Å². The highest BCUT2D eigenvalue weighted by Gasteiger charge is 2.35. The van der Waals surface area contributed by atoms with E-state index < -0.39 is 10.0 Å². The fraction of sp³-hybridized carbons (Fsp3) is 0.600. The van der Waals surface area contributed by atoms with Crippen molar-refractivity contribution in [2.75, 3.05) is 20.3 Å². The lowest BCUT2D eigenvalue weighted by Gasteiger charge is -2.38. The Labute approximate surface area is 130 Å². The summed E-state index contributed by atoms with van der Waals surface area (Å²) in [5.74, 6) is 0.632. The molecule has 2 aliphatic rings. The maximum absolute atomic E-state index is 12.4. The number of ether oxygens (including phenoxy) is 3. The normalized spacial score (nSPS) is 28.9. The summed E-state index contributed by atoms with van der Waals surface area (Å²) in [5, 5.41) is 0.